The van der Waals surface area contributed by atoms with Gasteiger partial charge in [-0.3, -0.25) is 9.59 Å². The van der Waals surface area contributed by atoms with Crippen LogP contribution in [0.15, 0.2) is 0 Å². The molecule has 3 unspecified atom stereocenters. The van der Waals surface area contributed by atoms with Crippen LogP contribution >= 0.6 is 0 Å². The number of nitrogens with zero attached hydrogens (tertiary/aromatic N) is 1. The van der Waals surface area contributed by atoms with Crippen LogP contribution in [0.25, 0.3) is 0 Å². The van der Waals surface area contributed by atoms with Crippen LogP contribution in [-0.2, 0) is 9.59 Å². The van der Waals surface area contributed by atoms with Gasteiger partial charge in [-0.2, -0.15) is 0 Å². The Balaban J connectivity index is 3.23. The van der Waals surface area contributed by atoms with Crippen molar-refractivity contribution in [3.63, 3.8) is 0 Å². The van der Waals surface area contributed by atoms with E-state index in [9.17, 15) is 9.59 Å². The number of carbonyl (C=O) groups excluding carboxylic acids is 2. The first kappa shape index (κ1) is 17.0. The van der Waals surface area contributed by atoms with E-state index in [1.807, 2.05) is 18.7 Å². The minimum absolute atomic E-state index is 0.00944. The third-order valence-electron chi connectivity index (χ3n) is 4.90. The molecule has 0 aromatic heterocycles. The monoisotopic (exact) mass is 282 g/mol. The molecule has 1 aliphatic heterocycles. The summed E-state index contributed by atoms with van der Waals surface area (Å²) in [5.74, 6) is 0.273. The van der Waals surface area contributed by atoms with Gasteiger partial charge in [-0.05, 0) is 32.1 Å². The predicted octanol–water partition coefficient (Wildman–Crippen LogP) is 2.72. The average Bonchev–Trinajstić information content (AvgIpc) is 2.44. The van der Waals surface area contributed by atoms with Crippen LogP contribution in [0.2, 0.25) is 0 Å². The lowest BCUT2D eigenvalue weighted by Gasteiger charge is -2.49. The maximum atomic E-state index is 12.9. The van der Waals surface area contributed by atoms with Crippen molar-refractivity contribution in [2.45, 2.75) is 84.8 Å². The van der Waals surface area contributed by atoms with E-state index in [0.717, 1.165) is 19.3 Å². The second-order valence-electron chi connectivity index (χ2n) is 6.19. The van der Waals surface area contributed by atoms with Crippen LogP contribution in [0.3, 0.4) is 0 Å². The quantitative estimate of drug-likeness (QED) is 0.814. The molecule has 3 atom stereocenters. The Morgan fingerprint density at radius 3 is 2.10 bits per heavy atom. The van der Waals surface area contributed by atoms with Crippen LogP contribution in [0.1, 0.15) is 67.2 Å². The smallest absolute Gasteiger partial charge is 0.248 e. The van der Waals surface area contributed by atoms with Crippen molar-refractivity contribution in [1.29, 1.82) is 0 Å². The van der Waals surface area contributed by atoms with Gasteiger partial charge in [-0.15, -0.1) is 0 Å². The van der Waals surface area contributed by atoms with Gasteiger partial charge in [0.15, 0.2) is 0 Å². The number of hydrogen-bond donors (Lipinski definition) is 1. The number of rotatable bonds is 6. The molecule has 0 radical (unpaired) electrons. The molecule has 116 valence electrons. The minimum Gasteiger partial charge on any atom is -0.340 e. The van der Waals surface area contributed by atoms with E-state index in [4.69, 9.17) is 0 Å². The Morgan fingerprint density at radius 2 is 1.70 bits per heavy atom. The zero-order valence-corrected chi connectivity index (χ0v) is 13.8. The van der Waals surface area contributed by atoms with Gasteiger partial charge in [0, 0.05) is 6.04 Å². The summed E-state index contributed by atoms with van der Waals surface area (Å²) in [6.07, 6.45) is 3.30. The van der Waals surface area contributed by atoms with Crippen LogP contribution in [-0.4, -0.2) is 34.3 Å². The SMILES string of the molecule is CCC(C)C1C(=O)NC(C)(CC)C(=O)N1C(CC)CC. The van der Waals surface area contributed by atoms with Crippen molar-refractivity contribution in [1.82, 2.24) is 10.2 Å². The summed E-state index contributed by atoms with van der Waals surface area (Å²) in [5, 5.41) is 2.96. The summed E-state index contributed by atoms with van der Waals surface area (Å²) >= 11 is 0. The van der Waals surface area contributed by atoms with Crippen molar-refractivity contribution < 1.29 is 9.59 Å². The Morgan fingerprint density at radius 1 is 1.15 bits per heavy atom. The van der Waals surface area contributed by atoms with Gasteiger partial charge in [0.05, 0.1) is 0 Å². The Hall–Kier alpha value is -1.06. The molecule has 0 aromatic carbocycles. The zero-order valence-electron chi connectivity index (χ0n) is 13.8. The summed E-state index contributed by atoms with van der Waals surface area (Å²) in [6.45, 7) is 12.1. The Bertz CT molecular complexity index is 365. The van der Waals surface area contributed by atoms with E-state index in [1.54, 1.807) is 0 Å². The van der Waals surface area contributed by atoms with E-state index in [0.29, 0.717) is 6.42 Å². The molecule has 2 amide bonds. The first-order valence-corrected chi connectivity index (χ1v) is 8.00. The topological polar surface area (TPSA) is 49.4 Å². The van der Waals surface area contributed by atoms with Crippen molar-refractivity contribution in [2.75, 3.05) is 0 Å². The van der Waals surface area contributed by atoms with Crippen molar-refractivity contribution in [2.24, 2.45) is 5.92 Å². The van der Waals surface area contributed by atoms with Gasteiger partial charge in [-0.25, -0.2) is 0 Å². The molecule has 4 nitrogen and oxygen atoms in total. The lowest BCUT2D eigenvalue weighted by atomic mass is 9.85. The fourth-order valence-corrected chi connectivity index (χ4v) is 3.01. The van der Waals surface area contributed by atoms with E-state index >= 15 is 0 Å². The molecular weight excluding hydrogens is 252 g/mol. The summed E-state index contributed by atoms with van der Waals surface area (Å²) < 4.78 is 0. The lowest BCUT2D eigenvalue weighted by molar-refractivity contribution is -0.160. The Labute approximate surface area is 123 Å². The van der Waals surface area contributed by atoms with Gasteiger partial charge in [-0.1, -0.05) is 41.0 Å². The molecule has 0 bridgehead atoms. The molecule has 0 aliphatic carbocycles. The summed E-state index contributed by atoms with van der Waals surface area (Å²) in [6, 6.07) is -0.171. The lowest BCUT2D eigenvalue weighted by Crippen LogP contribution is -2.72. The highest BCUT2D eigenvalue weighted by Crippen LogP contribution is 2.30. The summed E-state index contributed by atoms with van der Waals surface area (Å²) in [4.78, 5) is 27.4. The van der Waals surface area contributed by atoms with Gasteiger partial charge >= 0.3 is 0 Å². The number of nitrogens with one attached hydrogen (secondary N) is 1. The Kier molecular flexibility index (Phi) is 5.60. The molecule has 4 heteroatoms. The van der Waals surface area contributed by atoms with Crippen LogP contribution in [0.4, 0.5) is 0 Å². The van der Waals surface area contributed by atoms with E-state index < -0.39 is 5.54 Å². The molecule has 1 heterocycles. The molecule has 20 heavy (non-hydrogen) atoms. The van der Waals surface area contributed by atoms with E-state index in [-0.39, 0.29) is 29.8 Å². The van der Waals surface area contributed by atoms with Crippen LogP contribution < -0.4 is 5.32 Å². The molecule has 0 saturated carbocycles. The number of carbonyl (C=O) groups is 2. The number of piperazine rings is 1. The normalized spacial score (nSPS) is 28.8. The van der Waals surface area contributed by atoms with Gasteiger partial charge in [0.1, 0.15) is 11.6 Å². The van der Waals surface area contributed by atoms with Crippen molar-refractivity contribution >= 4 is 11.8 Å². The van der Waals surface area contributed by atoms with Crippen molar-refractivity contribution in [3.8, 4) is 0 Å². The van der Waals surface area contributed by atoms with Crippen LogP contribution in [0, 0.1) is 5.92 Å². The molecule has 0 spiro atoms. The highest BCUT2D eigenvalue weighted by atomic mass is 16.2. The molecule has 1 rings (SSSR count). The van der Waals surface area contributed by atoms with Crippen LogP contribution in [0.5, 0.6) is 0 Å². The average molecular weight is 282 g/mol. The largest absolute Gasteiger partial charge is 0.340 e. The third-order valence-corrected chi connectivity index (χ3v) is 4.90. The van der Waals surface area contributed by atoms with E-state index in [1.165, 1.54) is 0 Å². The molecule has 1 aliphatic rings. The summed E-state index contributed by atoms with van der Waals surface area (Å²) in [5.41, 5.74) is -0.746. The number of hydrogen-bond acceptors (Lipinski definition) is 2. The van der Waals surface area contributed by atoms with Gasteiger partial charge in [0.25, 0.3) is 0 Å². The van der Waals surface area contributed by atoms with Gasteiger partial charge in [0.2, 0.25) is 11.8 Å². The second-order valence-corrected chi connectivity index (χ2v) is 6.19. The zero-order chi connectivity index (χ0) is 15.5. The minimum atomic E-state index is -0.746. The number of amides is 2. The summed E-state index contributed by atoms with van der Waals surface area (Å²) in [7, 11) is 0. The van der Waals surface area contributed by atoms with Crippen molar-refractivity contribution in [3.05, 3.63) is 0 Å². The highest BCUT2D eigenvalue weighted by Gasteiger charge is 2.49. The molecular formula is C16H30N2O2. The third kappa shape index (κ3) is 2.84. The highest BCUT2D eigenvalue weighted by molar-refractivity contribution is 5.99. The maximum Gasteiger partial charge on any atom is 0.248 e. The predicted molar refractivity (Wildman–Crippen MR) is 81.3 cm³/mol. The molecule has 1 fully saturated rings. The molecule has 1 saturated heterocycles. The fourth-order valence-electron chi connectivity index (χ4n) is 3.01. The maximum absolute atomic E-state index is 12.9. The van der Waals surface area contributed by atoms with E-state index in [2.05, 4.69) is 33.0 Å². The first-order chi connectivity index (χ1) is 9.36. The first-order valence-electron chi connectivity index (χ1n) is 8.00. The molecule has 0 aromatic rings. The van der Waals surface area contributed by atoms with Gasteiger partial charge < -0.3 is 10.2 Å². The fraction of sp³-hybridized carbons (Fsp3) is 0.875. The molecule has 1 N–H and O–H groups in total. The second kappa shape index (κ2) is 6.59. The standard InChI is InChI=1S/C16H30N2O2/c1-7-11(5)13-14(19)17-16(6,10-4)15(20)18(13)12(8-2)9-3/h11-13H,7-10H2,1-6H3,(H,17,19).